The molecule has 1 atom stereocenters. The number of aromatic nitrogens is 1. The number of anilines is 1. The lowest BCUT2D eigenvalue weighted by atomic mass is 9.97. The molecule has 31 heavy (non-hydrogen) atoms. The third-order valence-electron chi connectivity index (χ3n) is 5.42. The Bertz CT molecular complexity index is 1180. The van der Waals surface area contributed by atoms with Crippen molar-refractivity contribution in [2.45, 2.75) is 12.8 Å². The molecule has 4 rings (SSSR count). The summed E-state index contributed by atoms with van der Waals surface area (Å²) in [4.78, 5) is 41.8. The van der Waals surface area contributed by atoms with Gasteiger partial charge in [-0.2, -0.15) is 0 Å². The van der Waals surface area contributed by atoms with Gasteiger partial charge in [-0.25, -0.2) is 9.18 Å². The number of carbonyl (C=O) groups excluding carboxylic acids is 2. The van der Waals surface area contributed by atoms with Gasteiger partial charge in [-0.15, -0.1) is 0 Å². The van der Waals surface area contributed by atoms with E-state index in [0.717, 1.165) is 18.2 Å². The molecule has 0 radical (unpaired) electrons. The van der Waals surface area contributed by atoms with Crippen LogP contribution in [0.15, 0.2) is 59.4 Å². The summed E-state index contributed by atoms with van der Waals surface area (Å²) in [6.07, 6.45) is 1.68. The standard InChI is InChI=1S/C23H23FN4O3/c24-17-7-3-8-18(12-17)26-23(31)25-13-15-5-4-10-28(14-15)22(30)20-11-16-6-1-2-9-19(16)21(29)27-20/h1-3,6-9,11-12,15H,4-5,10,13-14H2,(H,27,29)(H2,25,26,31). The number of nitrogens with zero attached hydrogens (tertiary/aromatic N) is 1. The van der Waals surface area contributed by atoms with E-state index in [-0.39, 0.29) is 23.1 Å². The molecule has 3 amide bonds. The second-order valence-electron chi connectivity index (χ2n) is 7.70. The van der Waals surface area contributed by atoms with Crippen molar-refractivity contribution in [3.8, 4) is 0 Å². The highest BCUT2D eigenvalue weighted by Crippen LogP contribution is 2.19. The number of hydrogen-bond acceptors (Lipinski definition) is 3. The second kappa shape index (κ2) is 8.99. The summed E-state index contributed by atoms with van der Waals surface area (Å²) >= 11 is 0. The molecule has 0 aliphatic carbocycles. The molecule has 1 saturated heterocycles. The maximum atomic E-state index is 13.2. The lowest BCUT2D eigenvalue weighted by Crippen LogP contribution is -2.44. The minimum absolute atomic E-state index is 0.0862. The number of rotatable bonds is 4. The number of H-pyrrole nitrogens is 1. The van der Waals surface area contributed by atoms with Crippen LogP contribution in [0.4, 0.5) is 14.9 Å². The lowest BCUT2D eigenvalue weighted by molar-refractivity contribution is 0.0669. The van der Waals surface area contributed by atoms with Crippen LogP contribution in [0.1, 0.15) is 23.3 Å². The number of aromatic amines is 1. The Labute approximate surface area is 178 Å². The van der Waals surface area contributed by atoms with Crippen molar-refractivity contribution >= 4 is 28.4 Å². The normalized spacial score (nSPS) is 16.2. The molecule has 160 valence electrons. The molecule has 8 heteroatoms. The fourth-order valence-corrected chi connectivity index (χ4v) is 3.89. The van der Waals surface area contributed by atoms with Gasteiger partial charge >= 0.3 is 6.03 Å². The van der Waals surface area contributed by atoms with E-state index in [2.05, 4.69) is 15.6 Å². The van der Waals surface area contributed by atoms with Gasteiger partial charge < -0.3 is 20.5 Å². The van der Waals surface area contributed by atoms with Crippen molar-refractivity contribution in [1.82, 2.24) is 15.2 Å². The number of piperidine rings is 1. The quantitative estimate of drug-likeness (QED) is 0.602. The molecule has 0 bridgehead atoms. The van der Waals surface area contributed by atoms with Crippen molar-refractivity contribution in [1.29, 1.82) is 0 Å². The average Bonchev–Trinajstić information content (AvgIpc) is 2.77. The van der Waals surface area contributed by atoms with E-state index in [1.807, 2.05) is 12.1 Å². The van der Waals surface area contributed by atoms with Gasteiger partial charge in [0.05, 0.1) is 0 Å². The number of nitrogens with one attached hydrogen (secondary N) is 3. The van der Waals surface area contributed by atoms with Crippen LogP contribution in [0, 0.1) is 11.7 Å². The van der Waals surface area contributed by atoms with Gasteiger partial charge in [0.15, 0.2) is 0 Å². The topological polar surface area (TPSA) is 94.3 Å². The number of carbonyl (C=O) groups is 2. The number of fused-ring (bicyclic) bond motifs is 1. The second-order valence-corrected chi connectivity index (χ2v) is 7.70. The summed E-state index contributed by atoms with van der Waals surface area (Å²) in [6.45, 7) is 1.47. The Morgan fingerprint density at radius 1 is 1.13 bits per heavy atom. The van der Waals surface area contributed by atoms with Gasteiger partial charge in [0.1, 0.15) is 11.5 Å². The van der Waals surface area contributed by atoms with Crippen molar-refractivity contribution < 1.29 is 14.0 Å². The van der Waals surface area contributed by atoms with E-state index in [1.165, 1.54) is 18.2 Å². The van der Waals surface area contributed by atoms with Crippen molar-refractivity contribution in [2.75, 3.05) is 25.0 Å². The number of amides is 3. The monoisotopic (exact) mass is 422 g/mol. The smallest absolute Gasteiger partial charge is 0.319 e. The summed E-state index contributed by atoms with van der Waals surface area (Å²) in [5.41, 5.74) is 0.352. The van der Waals surface area contributed by atoms with Crippen molar-refractivity contribution in [3.05, 3.63) is 76.5 Å². The third kappa shape index (κ3) is 4.91. The molecule has 0 spiro atoms. The number of likely N-dealkylation sites (tertiary alicyclic amines) is 1. The maximum Gasteiger partial charge on any atom is 0.319 e. The van der Waals surface area contributed by atoms with E-state index in [0.29, 0.717) is 30.7 Å². The summed E-state index contributed by atoms with van der Waals surface area (Å²) in [5, 5.41) is 6.65. The van der Waals surface area contributed by atoms with Crippen LogP contribution < -0.4 is 16.2 Å². The molecule has 2 heterocycles. The average molecular weight is 422 g/mol. The van der Waals surface area contributed by atoms with Gasteiger partial charge in [-0.1, -0.05) is 24.3 Å². The minimum atomic E-state index is -0.425. The Balaban J connectivity index is 1.36. The molecule has 3 N–H and O–H groups in total. The van der Waals surface area contributed by atoms with E-state index >= 15 is 0 Å². The first-order valence-electron chi connectivity index (χ1n) is 10.2. The van der Waals surface area contributed by atoms with Crippen molar-refractivity contribution in [3.63, 3.8) is 0 Å². The maximum absolute atomic E-state index is 13.2. The van der Waals surface area contributed by atoms with Crippen LogP contribution in [0.3, 0.4) is 0 Å². The molecule has 1 aliphatic heterocycles. The van der Waals surface area contributed by atoms with Crippen LogP contribution in [-0.4, -0.2) is 41.5 Å². The van der Waals surface area contributed by atoms with Crippen LogP contribution in [0.2, 0.25) is 0 Å². The third-order valence-corrected chi connectivity index (χ3v) is 5.42. The summed E-state index contributed by atoms with van der Waals surface area (Å²) in [5.74, 6) is -0.564. The van der Waals surface area contributed by atoms with E-state index in [9.17, 15) is 18.8 Å². The highest BCUT2D eigenvalue weighted by molar-refractivity contribution is 5.96. The predicted octanol–water partition coefficient (Wildman–Crippen LogP) is 3.34. The summed E-state index contributed by atoms with van der Waals surface area (Å²) in [6, 6.07) is 14.1. The minimum Gasteiger partial charge on any atom is -0.338 e. The van der Waals surface area contributed by atoms with Crippen LogP contribution in [0.25, 0.3) is 10.8 Å². The number of urea groups is 1. The molecule has 7 nitrogen and oxygen atoms in total. The van der Waals surface area contributed by atoms with E-state index in [4.69, 9.17) is 0 Å². The molecular weight excluding hydrogens is 399 g/mol. The van der Waals surface area contributed by atoms with Crippen LogP contribution >= 0.6 is 0 Å². The first-order chi connectivity index (χ1) is 15.0. The van der Waals surface area contributed by atoms with Crippen LogP contribution in [-0.2, 0) is 0 Å². The van der Waals surface area contributed by atoms with Crippen molar-refractivity contribution in [2.24, 2.45) is 5.92 Å². The zero-order chi connectivity index (χ0) is 21.8. The first kappa shape index (κ1) is 20.6. The predicted molar refractivity (Wildman–Crippen MR) is 117 cm³/mol. The molecule has 1 fully saturated rings. The number of benzene rings is 2. The highest BCUT2D eigenvalue weighted by atomic mass is 19.1. The SMILES string of the molecule is O=C(NCC1CCCN(C(=O)c2cc3ccccc3c(=O)[nH]2)C1)Nc1cccc(F)c1. The summed E-state index contributed by atoms with van der Waals surface area (Å²) in [7, 11) is 0. The lowest BCUT2D eigenvalue weighted by Gasteiger charge is -2.32. The van der Waals surface area contributed by atoms with Gasteiger partial charge in [0.2, 0.25) is 0 Å². The molecule has 3 aromatic rings. The first-order valence-corrected chi connectivity index (χ1v) is 10.2. The molecule has 2 aromatic carbocycles. The number of hydrogen-bond donors (Lipinski definition) is 3. The fourth-order valence-electron chi connectivity index (χ4n) is 3.89. The zero-order valence-corrected chi connectivity index (χ0v) is 16.9. The Hall–Kier alpha value is -3.68. The number of halogens is 1. The van der Waals surface area contributed by atoms with Gasteiger partial charge in [0.25, 0.3) is 11.5 Å². The summed E-state index contributed by atoms with van der Waals surface area (Å²) < 4.78 is 13.2. The Morgan fingerprint density at radius 3 is 2.81 bits per heavy atom. The number of pyridine rings is 1. The molecular formula is C23H23FN4O3. The Morgan fingerprint density at radius 2 is 1.97 bits per heavy atom. The van der Waals surface area contributed by atoms with Gasteiger partial charge in [-0.3, -0.25) is 9.59 Å². The zero-order valence-electron chi connectivity index (χ0n) is 16.9. The largest absolute Gasteiger partial charge is 0.338 e. The van der Waals surface area contributed by atoms with Gasteiger partial charge in [0, 0.05) is 30.7 Å². The molecule has 1 unspecified atom stereocenters. The van der Waals surface area contributed by atoms with Crippen LogP contribution in [0.5, 0.6) is 0 Å². The van der Waals surface area contributed by atoms with E-state index < -0.39 is 11.8 Å². The molecule has 0 saturated carbocycles. The fraction of sp³-hybridized carbons (Fsp3) is 0.261. The molecule has 1 aromatic heterocycles. The Kier molecular flexibility index (Phi) is 5.97. The van der Waals surface area contributed by atoms with E-state index in [1.54, 1.807) is 29.2 Å². The highest BCUT2D eigenvalue weighted by Gasteiger charge is 2.25. The van der Waals surface area contributed by atoms with Gasteiger partial charge in [-0.05, 0) is 54.5 Å². The molecule has 1 aliphatic rings.